The van der Waals surface area contributed by atoms with Crippen molar-refractivity contribution < 1.29 is 19.4 Å². The van der Waals surface area contributed by atoms with Crippen LogP contribution in [0.4, 0.5) is 5.69 Å². The predicted molar refractivity (Wildman–Crippen MR) is 241 cm³/mol. The van der Waals surface area contributed by atoms with Crippen LogP contribution in [-0.2, 0) is 20.0 Å². The first-order valence-electron chi connectivity index (χ1n) is 20.1. The van der Waals surface area contributed by atoms with Crippen LogP contribution in [0.15, 0.2) is 67.4 Å². The predicted octanol–water partition coefficient (Wildman–Crippen LogP) is 11.3. The van der Waals surface area contributed by atoms with E-state index in [1.165, 1.54) is 0 Å². The molecule has 1 atom stereocenters. The van der Waals surface area contributed by atoms with E-state index in [4.69, 9.17) is 33.0 Å². The van der Waals surface area contributed by atoms with Crippen molar-refractivity contribution in [2.75, 3.05) is 18.1 Å². The minimum atomic E-state index is -1.07. The maximum Gasteiger partial charge on any atom is 0.352 e. The summed E-state index contributed by atoms with van der Waals surface area (Å²) in [6, 6.07) is 17.1. The number of ether oxygens (including phenoxy) is 1. The first kappa shape index (κ1) is 40.9. The highest BCUT2D eigenvalue weighted by molar-refractivity contribution is 6.35. The van der Waals surface area contributed by atoms with E-state index in [1.807, 2.05) is 107 Å². The molecule has 7 aromatic rings. The minimum absolute atomic E-state index is 0.110. The van der Waals surface area contributed by atoms with E-state index in [0.717, 1.165) is 83.0 Å². The lowest BCUT2D eigenvalue weighted by molar-refractivity contribution is 0.0686. The molecule has 60 heavy (non-hydrogen) atoms. The van der Waals surface area contributed by atoms with Gasteiger partial charge in [0.2, 0.25) is 0 Å². The minimum Gasteiger partial charge on any atom is -0.494 e. The molecule has 308 valence electrons. The van der Waals surface area contributed by atoms with Gasteiger partial charge in [0, 0.05) is 58.4 Å². The number of hydrogen-bond acceptors (Lipinski definition) is 5. The molecular weight excluding hydrogens is 795 g/mol. The number of halogens is 2. The molecule has 1 unspecified atom stereocenters. The van der Waals surface area contributed by atoms with Crippen molar-refractivity contribution in [1.29, 1.82) is 0 Å². The Morgan fingerprint density at radius 2 is 1.72 bits per heavy atom. The lowest BCUT2D eigenvalue weighted by Crippen LogP contribution is -2.43. The van der Waals surface area contributed by atoms with E-state index in [9.17, 15) is 9.90 Å². The summed E-state index contributed by atoms with van der Waals surface area (Å²) in [5.41, 5.74) is 12.7. The standard InChI is InChI=1S/C48H48Cl2N6O4/c1-25(2)32-14-15-51-34(21-32)24-54-40(48(58)59)22-33-17-26(3)18-39(44(33)54)55-23-29(6)56-45-37(12-13-38(49)42(45)41-30(7)52-53(9)31(41)8)36(46(56)47(55)57)11-10-16-60-35-19-27(4)43(50)28(5)20-35/h12-15,17-22,29H,1,10-11,16,23-24H2,2-9H3,(H,58,59). The van der Waals surface area contributed by atoms with Crippen molar-refractivity contribution >= 4 is 68.1 Å². The van der Waals surface area contributed by atoms with Crippen molar-refractivity contribution in [1.82, 2.24) is 23.9 Å². The molecule has 0 saturated carbocycles. The van der Waals surface area contributed by atoms with E-state index < -0.39 is 5.97 Å². The number of aryl methyl sites for hydroxylation is 6. The monoisotopic (exact) mass is 842 g/mol. The van der Waals surface area contributed by atoms with Gasteiger partial charge < -0.3 is 23.9 Å². The summed E-state index contributed by atoms with van der Waals surface area (Å²) in [6.07, 6.45) is 2.90. The number of carboxylic acids is 1. The molecule has 0 radical (unpaired) electrons. The fourth-order valence-electron chi connectivity index (χ4n) is 9.01. The van der Waals surface area contributed by atoms with Crippen molar-refractivity contribution in [2.45, 2.75) is 73.9 Å². The molecule has 0 bridgehead atoms. The molecule has 0 fully saturated rings. The van der Waals surface area contributed by atoms with Crippen molar-refractivity contribution in [2.24, 2.45) is 7.05 Å². The number of carboxylic acid groups (broad SMARTS) is 1. The second-order valence-corrected chi connectivity index (χ2v) is 17.0. The largest absolute Gasteiger partial charge is 0.494 e. The number of amides is 1. The molecule has 10 nitrogen and oxygen atoms in total. The van der Waals surface area contributed by atoms with E-state index in [1.54, 1.807) is 16.8 Å². The molecule has 4 aromatic heterocycles. The summed E-state index contributed by atoms with van der Waals surface area (Å²) in [5.74, 6) is -0.493. The maximum atomic E-state index is 15.5. The van der Waals surface area contributed by atoms with Gasteiger partial charge in [-0.3, -0.25) is 14.5 Å². The highest BCUT2D eigenvalue weighted by Gasteiger charge is 2.38. The molecule has 0 aliphatic carbocycles. The Bertz CT molecular complexity index is 2910. The summed E-state index contributed by atoms with van der Waals surface area (Å²) in [7, 11) is 1.92. The second-order valence-electron chi connectivity index (χ2n) is 16.2. The number of allylic oxidation sites excluding steroid dienone is 1. The number of aromatic carboxylic acids is 1. The van der Waals surface area contributed by atoms with Crippen LogP contribution in [0.5, 0.6) is 5.75 Å². The Morgan fingerprint density at radius 1 is 0.983 bits per heavy atom. The van der Waals surface area contributed by atoms with Crippen molar-refractivity contribution in [3.05, 3.63) is 134 Å². The molecule has 12 heteroatoms. The SMILES string of the molecule is C=C(C)c1ccnc(Cn2c(C(=O)O)cc3cc(C)cc(N4CC(C)n5c(c(CCCOc6cc(C)c(Cl)c(C)c6)c6ccc(Cl)c(-c7c(C)nn(C)c7C)c65)C4=O)c32)c1. The average Bonchev–Trinajstić information content (AvgIpc) is 3.81. The highest BCUT2D eigenvalue weighted by Crippen LogP contribution is 2.46. The highest BCUT2D eigenvalue weighted by atomic mass is 35.5. The summed E-state index contributed by atoms with van der Waals surface area (Å²) >= 11 is 13.6. The van der Waals surface area contributed by atoms with Gasteiger partial charge in [0.05, 0.1) is 46.3 Å². The topological polar surface area (TPSA) is 107 Å². The Balaban J connectivity index is 1.29. The summed E-state index contributed by atoms with van der Waals surface area (Å²) in [4.78, 5) is 34.8. The first-order chi connectivity index (χ1) is 28.5. The molecular formula is C48H48Cl2N6O4. The molecule has 5 heterocycles. The molecule has 1 aliphatic rings. The van der Waals surface area contributed by atoms with Gasteiger partial charge in [-0.25, -0.2) is 4.79 Å². The molecule has 3 aromatic carbocycles. The molecule has 1 amide bonds. The van der Waals surface area contributed by atoms with Crippen LogP contribution in [0.25, 0.3) is 38.5 Å². The van der Waals surface area contributed by atoms with Gasteiger partial charge in [0.15, 0.2) is 0 Å². The van der Waals surface area contributed by atoms with Gasteiger partial charge in [-0.05, 0) is 138 Å². The molecule has 1 aliphatic heterocycles. The van der Waals surface area contributed by atoms with Crippen LogP contribution in [-0.4, -0.2) is 54.0 Å². The Morgan fingerprint density at radius 3 is 2.38 bits per heavy atom. The third-order valence-corrected chi connectivity index (χ3v) is 12.7. The molecule has 0 spiro atoms. The number of benzene rings is 3. The normalized spacial score (nSPS) is 14.1. The third kappa shape index (κ3) is 6.95. The van der Waals surface area contributed by atoms with Gasteiger partial charge >= 0.3 is 5.97 Å². The fraction of sp³-hybridized carbons (Fsp3) is 0.292. The van der Waals surface area contributed by atoms with Crippen LogP contribution in [0, 0.1) is 34.6 Å². The van der Waals surface area contributed by atoms with E-state index in [2.05, 4.69) is 23.1 Å². The Kier molecular flexibility index (Phi) is 10.7. The quantitative estimate of drug-likeness (QED) is 0.130. The first-order valence-corrected chi connectivity index (χ1v) is 20.9. The van der Waals surface area contributed by atoms with Gasteiger partial charge in [-0.15, -0.1) is 0 Å². The smallest absolute Gasteiger partial charge is 0.352 e. The van der Waals surface area contributed by atoms with Crippen LogP contribution in [0.1, 0.15) is 92.2 Å². The third-order valence-electron chi connectivity index (χ3n) is 11.8. The van der Waals surface area contributed by atoms with Gasteiger partial charge in [0.25, 0.3) is 5.91 Å². The van der Waals surface area contributed by atoms with E-state index in [0.29, 0.717) is 53.6 Å². The maximum absolute atomic E-state index is 15.5. The number of rotatable bonds is 11. The molecule has 0 saturated heterocycles. The van der Waals surface area contributed by atoms with Crippen LogP contribution in [0.3, 0.4) is 0 Å². The lowest BCUT2D eigenvalue weighted by atomic mass is 9.98. The van der Waals surface area contributed by atoms with Gasteiger partial charge in [0.1, 0.15) is 17.1 Å². The average molecular weight is 844 g/mol. The number of anilines is 1. The van der Waals surface area contributed by atoms with Crippen molar-refractivity contribution in [3.63, 3.8) is 0 Å². The van der Waals surface area contributed by atoms with Crippen molar-refractivity contribution in [3.8, 4) is 16.9 Å². The number of hydrogen-bond donors (Lipinski definition) is 1. The number of aromatic nitrogens is 5. The number of pyridine rings is 1. The molecule has 8 rings (SSSR count). The van der Waals surface area contributed by atoms with Crippen LogP contribution >= 0.6 is 23.2 Å². The Hall–Kier alpha value is -5.84. The number of fused-ring (bicyclic) bond motifs is 4. The van der Waals surface area contributed by atoms with Gasteiger partial charge in [-0.1, -0.05) is 41.4 Å². The summed E-state index contributed by atoms with van der Waals surface area (Å²) in [5, 5.41) is 18.3. The van der Waals surface area contributed by atoms with Gasteiger partial charge in [-0.2, -0.15) is 5.10 Å². The lowest BCUT2D eigenvalue weighted by Gasteiger charge is -2.35. The van der Waals surface area contributed by atoms with Crippen LogP contribution in [0.2, 0.25) is 10.0 Å². The number of nitrogens with zero attached hydrogens (tertiary/aromatic N) is 6. The zero-order valence-corrected chi connectivity index (χ0v) is 36.7. The number of carbonyl (C=O) groups is 2. The summed E-state index contributed by atoms with van der Waals surface area (Å²) < 4.78 is 12.1. The van der Waals surface area contributed by atoms with E-state index in [-0.39, 0.29) is 24.2 Å². The second kappa shape index (κ2) is 15.6. The Labute approximate surface area is 359 Å². The van der Waals surface area contributed by atoms with Crippen LogP contribution < -0.4 is 9.64 Å². The fourth-order valence-corrected chi connectivity index (χ4v) is 9.37. The van der Waals surface area contributed by atoms with E-state index >= 15 is 4.79 Å². The zero-order valence-electron chi connectivity index (χ0n) is 35.2. The zero-order chi connectivity index (χ0) is 42.9. The number of carbonyl (C=O) groups excluding carboxylic acids is 1. The molecule has 1 N–H and O–H groups in total. The summed E-state index contributed by atoms with van der Waals surface area (Å²) in [6.45, 7) is 19.0.